The monoisotopic (exact) mass is 222 g/mol. The van der Waals surface area contributed by atoms with Crippen molar-refractivity contribution in [2.45, 2.75) is 25.3 Å². The van der Waals surface area contributed by atoms with Gasteiger partial charge in [-0.2, -0.15) is 0 Å². The molecule has 2 rings (SSSR count). The highest BCUT2D eigenvalue weighted by molar-refractivity contribution is 5.61. The Morgan fingerprint density at radius 3 is 2.88 bits per heavy atom. The summed E-state index contributed by atoms with van der Waals surface area (Å²) in [7, 11) is 0. The van der Waals surface area contributed by atoms with Crippen molar-refractivity contribution in [1.82, 2.24) is 4.98 Å². The lowest BCUT2D eigenvalue weighted by Gasteiger charge is -2.34. The Balaban J connectivity index is 2.10. The molecule has 0 amide bonds. The number of rotatable bonds is 2. The molecule has 0 aliphatic carbocycles. The van der Waals surface area contributed by atoms with Crippen molar-refractivity contribution < 1.29 is 4.74 Å². The molecule has 1 aromatic rings. The van der Waals surface area contributed by atoms with E-state index in [1.807, 2.05) is 6.07 Å². The van der Waals surface area contributed by atoms with E-state index in [9.17, 15) is 0 Å². The maximum atomic E-state index is 5.66. The van der Waals surface area contributed by atoms with Gasteiger partial charge < -0.3 is 21.5 Å². The number of hydrogen-bond donors (Lipinski definition) is 3. The Bertz CT molecular complexity index is 374. The normalized spacial score (nSPS) is 25.3. The molecule has 0 spiro atoms. The molecule has 88 valence electrons. The Labute approximate surface area is 95.2 Å². The second-order valence-electron chi connectivity index (χ2n) is 4.51. The van der Waals surface area contributed by atoms with E-state index in [-0.39, 0.29) is 5.54 Å². The van der Waals surface area contributed by atoms with Crippen molar-refractivity contribution in [3.63, 3.8) is 0 Å². The molecule has 1 unspecified atom stereocenters. The molecule has 0 bridgehead atoms. The van der Waals surface area contributed by atoms with Crippen molar-refractivity contribution in [1.29, 1.82) is 0 Å². The van der Waals surface area contributed by atoms with Gasteiger partial charge in [0.2, 0.25) is 0 Å². The minimum Gasteiger partial charge on any atom is -0.396 e. The van der Waals surface area contributed by atoms with Crippen LogP contribution in [0, 0.1) is 0 Å². The van der Waals surface area contributed by atoms with Crippen molar-refractivity contribution in [2.75, 3.05) is 30.0 Å². The van der Waals surface area contributed by atoms with E-state index >= 15 is 0 Å². The second kappa shape index (κ2) is 4.17. The third-order valence-electron chi connectivity index (χ3n) is 2.83. The van der Waals surface area contributed by atoms with E-state index in [0.717, 1.165) is 25.3 Å². The number of nitrogen functional groups attached to an aromatic ring is 2. The lowest BCUT2D eigenvalue weighted by molar-refractivity contribution is 0.0539. The summed E-state index contributed by atoms with van der Waals surface area (Å²) in [6.07, 6.45) is 2.13. The number of nitrogens with two attached hydrogens (primary N) is 2. The molecule has 5 nitrogen and oxygen atoms in total. The predicted octanol–water partition coefficient (Wildman–Crippen LogP) is 1.23. The van der Waals surface area contributed by atoms with E-state index in [2.05, 4.69) is 17.2 Å². The van der Waals surface area contributed by atoms with Gasteiger partial charge in [-0.25, -0.2) is 4.98 Å². The fraction of sp³-hybridized carbons (Fsp3) is 0.545. The van der Waals surface area contributed by atoms with Crippen LogP contribution in [0.3, 0.4) is 0 Å². The number of anilines is 3. The first-order valence-corrected chi connectivity index (χ1v) is 5.47. The summed E-state index contributed by atoms with van der Waals surface area (Å²) in [5.74, 6) is 1.12. The fourth-order valence-electron chi connectivity index (χ4n) is 1.90. The molecular weight excluding hydrogens is 204 g/mol. The highest BCUT2D eigenvalue weighted by Crippen LogP contribution is 2.24. The van der Waals surface area contributed by atoms with E-state index in [0.29, 0.717) is 18.1 Å². The number of ether oxygens (including phenoxy) is 1. The molecule has 5 heteroatoms. The van der Waals surface area contributed by atoms with Crippen LogP contribution >= 0.6 is 0 Å². The Hall–Kier alpha value is -1.49. The van der Waals surface area contributed by atoms with Gasteiger partial charge in [-0.15, -0.1) is 0 Å². The first-order chi connectivity index (χ1) is 7.59. The topological polar surface area (TPSA) is 86.2 Å². The number of pyridine rings is 1. The van der Waals surface area contributed by atoms with Crippen LogP contribution in [0.15, 0.2) is 12.1 Å². The predicted molar refractivity (Wildman–Crippen MR) is 65.1 cm³/mol. The molecule has 1 aromatic heterocycles. The zero-order valence-electron chi connectivity index (χ0n) is 9.49. The highest BCUT2D eigenvalue weighted by atomic mass is 16.5. The maximum Gasteiger partial charge on any atom is 0.149 e. The van der Waals surface area contributed by atoms with Crippen LogP contribution in [-0.2, 0) is 4.74 Å². The van der Waals surface area contributed by atoms with Crippen molar-refractivity contribution in [2.24, 2.45) is 0 Å². The molecule has 2 heterocycles. The van der Waals surface area contributed by atoms with Crippen LogP contribution in [0.1, 0.15) is 19.8 Å². The maximum absolute atomic E-state index is 5.66. The first kappa shape index (κ1) is 11.0. The molecule has 1 atom stereocenters. The standard InChI is InChI=1S/C11H18N4O/c1-11(5-2-6-16-7-11)15-9-4-3-8(12)10(13)14-9/h3-4H,2,5-7,12H2,1H3,(H3,13,14,15). The second-order valence-corrected chi connectivity index (χ2v) is 4.51. The number of hydrogen-bond acceptors (Lipinski definition) is 5. The quantitative estimate of drug-likeness (QED) is 0.700. The summed E-state index contributed by atoms with van der Waals surface area (Å²) in [6.45, 7) is 3.66. The third-order valence-corrected chi connectivity index (χ3v) is 2.83. The zero-order valence-corrected chi connectivity index (χ0v) is 9.49. The van der Waals surface area contributed by atoms with Crippen LogP contribution in [0.25, 0.3) is 0 Å². The molecular formula is C11H18N4O. The Morgan fingerprint density at radius 1 is 1.44 bits per heavy atom. The highest BCUT2D eigenvalue weighted by Gasteiger charge is 2.27. The lowest BCUT2D eigenvalue weighted by atomic mass is 9.95. The summed E-state index contributed by atoms with van der Waals surface area (Å²) in [5.41, 5.74) is 11.7. The van der Waals surface area contributed by atoms with Crippen LogP contribution in [0.5, 0.6) is 0 Å². The van der Waals surface area contributed by atoms with Crippen molar-refractivity contribution in [3.8, 4) is 0 Å². The summed E-state index contributed by atoms with van der Waals surface area (Å²) in [4.78, 5) is 4.20. The van der Waals surface area contributed by atoms with Gasteiger partial charge in [-0.05, 0) is 31.9 Å². The summed E-state index contributed by atoms with van der Waals surface area (Å²) >= 11 is 0. The molecule has 1 aliphatic heterocycles. The molecule has 0 saturated carbocycles. The Kier molecular flexibility index (Phi) is 2.87. The minimum atomic E-state index is -0.0617. The lowest BCUT2D eigenvalue weighted by Crippen LogP contribution is -2.43. The van der Waals surface area contributed by atoms with Gasteiger partial charge in [0.1, 0.15) is 11.6 Å². The van der Waals surface area contributed by atoms with E-state index < -0.39 is 0 Å². The van der Waals surface area contributed by atoms with Gasteiger partial charge in [-0.1, -0.05) is 0 Å². The molecule has 1 fully saturated rings. The molecule has 16 heavy (non-hydrogen) atoms. The summed E-state index contributed by atoms with van der Waals surface area (Å²) in [5, 5.41) is 3.35. The van der Waals surface area contributed by atoms with Crippen LogP contribution in [0.2, 0.25) is 0 Å². The van der Waals surface area contributed by atoms with Gasteiger partial charge in [0.05, 0.1) is 17.8 Å². The van der Waals surface area contributed by atoms with Gasteiger partial charge in [-0.3, -0.25) is 0 Å². The van der Waals surface area contributed by atoms with Gasteiger partial charge in [0, 0.05) is 6.61 Å². The first-order valence-electron chi connectivity index (χ1n) is 5.47. The minimum absolute atomic E-state index is 0.0617. The van der Waals surface area contributed by atoms with Crippen LogP contribution in [0.4, 0.5) is 17.3 Å². The van der Waals surface area contributed by atoms with E-state index in [1.54, 1.807) is 6.07 Å². The van der Waals surface area contributed by atoms with Crippen molar-refractivity contribution >= 4 is 17.3 Å². The molecule has 5 N–H and O–H groups in total. The molecule has 1 aliphatic rings. The molecule has 1 saturated heterocycles. The largest absolute Gasteiger partial charge is 0.396 e. The van der Waals surface area contributed by atoms with E-state index in [1.165, 1.54) is 0 Å². The average Bonchev–Trinajstić information content (AvgIpc) is 2.24. The summed E-state index contributed by atoms with van der Waals surface area (Å²) < 4.78 is 5.47. The zero-order chi connectivity index (χ0) is 11.6. The smallest absolute Gasteiger partial charge is 0.149 e. The van der Waals surface area contributed by atoms with Gasteiger partial charge in [0.15, 0.2) is 0 Å². The summed E-state index contributed by atoms with van der Waals surface area (Å²) in [6, 6.07) is 3.60. The average molecular weight is 222 g/mol. The third kappa shape index (κ3) is 2.36. The van der Waals surface area contributed by atoms with Crippen molar-refractivity contribution in [3.05, 3.63) is 12.1 Å². The number of nitrogens with one attached hydrogen (secondary N) is 1. The van der Waals surface area contributed by atoms with Gasteiger partial charge in [0.25, 0.3) is 0 Å². The van der Waals surface area contributed by atoms with Gasteiger partial charge >= 0.3 is 0 Å². The SMILES string of the molecule is CC1(Nc2ccc(N)c(N)n2)CCCOC1. The van der Waals surface area contributed by atoms with E-state index in [4.69, 9.17) is 16.2 Å². The Morgan fingerprint density at radius 2 is 2.25 bits per heavy atom. The molecule has 0 radical (unpaired) electrons. The number of nitrogens with zero attached hydrogens (tertiary/aromatic N) is 1. The number of aromatic nitrogens is 1. The van der Waals surface area contributed by atoms with Crippen LogP contribution < -0.4 is 16.8 Å². The van der Waals surface area contributed by atoms with Crippen LogP contribution in [-0.4, -0.2) is 23.7 Å². The fourth-order valence-corrected chi connectivity index (χ4v) is 1.90. The molecule has 0 aromatic carbocycles.